The molecule has 21 heavy (non-hydrogen) atoms. The van der Waals surface area contributed by atoms with E-state index in [-0.39, 0.29) is 0 Å². The maximum atomic E-state index is 5.26. The lowest BCUT2D eigenvalue weighted by atomic mass is 10.2. The van der Waals surface area contributed by atoms with E-state index in [0.29, 0.717) is 0 Å². The predicted molar refractivity (Wildman–Crippen MR) is 81.7 cm³/mol. The molecule has 1 saturated heterocycles. The Morgan fingerprint density at radius 2 is 1.95 bits per heavy atom. The fraction of sp³-hybridized carbons (Fsp3) is 0.533. The van der Waals surface area contributed by atoms with Crippen molar-refractivity contribution in [1.29, 1.82) is 0 Å². The van der Waals surface area contributed by atoms with Crippen LogP contribution in [0.3, 0.4) is 0 Å². The number of aromatic nitrogens is 3. The highest BCUT2D eigenvalue weighted by Crippen LogP contribution is 2.21. The molecule has 6 nitrogen and oxygen atoms in total. The second-order valence-electron chi connectivity index (χ2n) is 5.37. The Morgan fingerprint density at radius 3 is 2.67 bits per heavy atom. The van der Waals surface area contributed by atoms with Gasteiger partial charge in [0.15, 0.2) is 0 Å². The molecule has 6 heteroatoms. The summed E-state index contributed by atoms with van der Waals surface area (Å²) < 4.78 is 5.26. The molecule has 0 amide bonds. The van der Waals surface area contributed by atoms with Crippen LogP contribution in [0.2, 0.25) is 0 Å². The Balaban J connectivity index is 1.63. The van der Waals surface area contributed by atoms with Gasteiger partial charge in [0, 0.05) is 50.7 Å². The van der Waals surface area contributed by atoms with Crippen molar-refractivity contribution >= 4 is 11.6 Å². The smallest absolute Gasteiger partial charge is 0.266 e. The lowest BCUT2D eigenvalue weighted by Gasteiger charge is -2.35. The summed E-state index contributed by atoms with van der Waals surface area (Å²) in [6.07, 6.45) is 5.64. The minimum Gasteiger partial charge on any atom is -0.368 e. The fourth-order valence-electron chi connectivity index (χ4n) is 2.66. The van der Waals surface area contributed by atoms with Crippen LogP contribution in [-0.2, 0) is 6.42 Å². The van der Waals surface area contributed by atoms with Crippen molar-refractivity contribution in [2.24, 2.45) is 0 Å². The zero-order valence-corrected chi connectivity index (χ0v) is 12.6. The van der Waals surface area contributed by atoms with Crippen LogP contribution in [0.15, 0.2) is 23.0 Å². The van der Waals surface area contributed by atoms with E-state index in [0.717, 1.165) is 50.9 Å². The lowest BCUT2D eigenvalue weighted by Crippen LogP contribution is -2.47. The molecule has 0 atom stereocenters. The van der Waals surface area contributed by atoms with Gasteiger partial charge in [0.25, 0.3) is 5.95 Å². The predicted octanol–water partition coefficient (Wildman–Crippen LogP) is 2.05. The molecule has 0 aliphatic carbocycles. The third-order valence-corrected chi connectivity index (χ3v) is 3.82. The van der Waals surface area contributed by atoms with Crippen molar-refractivity contribution < 1.29 is 4.52 Å². The van der Waals surface area contributed by atoms with Gasteiger partial charge in [-0.3, -0.25) is 4.98 Å². The normalized spacial score (nSPS) is 15.5. The summed E-state index contributed by atoms with van der Waals surface area (Å²) in [6, 6.07) is 2.08. The minimum atomic E-state index is 0.726. The quantitative estimate of drug-likeness (QED) is 0.858. The number of aryl methyl sites for hydroxylation is 2. The van der Waals surface area contributed by atoms with Crippen molar-refractivity contribution in [3.63, 3.8) is 0 Å². The van der Waals surface area contributed by atoms with E-state index in [4.69, 9.17) is 4.52 Å². The van der Waals surface area contributed by atoms with E-state index >= 15 is 0 Å². The fourth-order valence-corrected chi connectivity index (χ4v) is 2.66. The van der Waals surface area contributed by atoms with E-state index in [1.165, 1.54) is 11.3 Å². The van der Waals surface area contributed by atoms with Crippen LogP contribution in [-0.4, -0.2) is 41.3 Å². The molecule has 2 aromatic heterocycles. The molecular formula is C15H21N5O. The van der Waals surface area contributed by atoms with Gasteiger partial charge in [0.1, 0.15) is 0 Å². The number of rotatable bonds is 4. The minimum absolute atomic E-state index is 0.726. The third-order valence-electron chi connectivity index (χ3n) is 3.82. The van der Waals surface area contributed by atoms with Crippen LogP contribution in [0.5, 0.6) is 0 Å². The molecule has 3 rings (SSSR count). The van der Waals surface area contributed by atoms with Crippen LogP contribution < -0.4 is 9.80 Å². The highest BCUT2D eigenvalue weighted by atomic mass is 16.5. The monoisotopic (exact) mass is 287 g/mol. The first kappa shape index (κ1) is 13.9. The summed E-state index contributed by atoms with van der Waals surface area (Å²) in [4.78, 5) is 13.2. The van der Waals surface area contributed by atoms with Crippen molar-refractivity contribution in [3.8, 4) is 0 Å². The van der Waals surface area contributed by atoms with Crippen molar-refractivity contribution in [2.75, 3.05) is 36.0 Å². The maximum absolute atomic E-state index is 5.26. The average molecular weight is 287 g/mol. The molecule has 1 aliphatic heterocycles. The van der Waals surface area contributed by atoms with Gasteiger partial charge in [-0.05, 0) is 30.1 Å². The zero-order chi connectivity index (χ0) is 14.7. The van der Waals surface area contributed by atoms with Crippen LogP contribution >= 0.6 is 0 Å². The Bertz CT molecular complexity index is 589. The van der Waals surface area contributed by atoms with Crippen molar-refractivity contribution in [1.82, 2.24) is 15.1 Å². The molecule has 0 spiro atoms. The van der Waals surface area contributed by atoms with E-state index in [1.807, 2.05) is 12.4 Å². The van der Waals surface area contributed by atoms with Crippen LogP contribution in [0.4, 0.5) is 11.6 Å². The first-order chi connectivity index (χ1) is 10.3. The highest BCUT2D eigenvalue weighted by Gasteiger charge is 2.21. The summed E-state index contributed by atoms with van der Waals surface area (Å²) in [7, 11) is 0. The van der Waals surface area contributed by atoms with E-state index in [1.54, 1.807) is 0 Å². The molecular weight excluding hydrogens is 266 g/mol. The zero-order valence-electron chi connectivity index (χ0n) is 12.6. The highest BCUT2D eigenvalue weighted by molar-refractivity contribution is 5.52. The summed E-state index contributed by atoms with van der Waals surface area (Å²) in [5.74, 6) is 1.46. The standard InChI is InChI=1S/C15H21N5O/c1-3-4-14-17-15(18-21-14)20-9-7-19(8-10-20)13-5-6-16-11-12(13)2/h5-6,11H,3-4,7-10H2,1-2H3. The SMILES string of the molecule is CCCc1nc(N2CCN(c3ccncc3C)CC2)no1. The Kier molecular flexibility index (Phi) is 4.03. The second kappa shape index (κ2) is 6.11. The van der Waals surface area contributed by atoms with Gasteiger partial charge in [-0.1, -0.05) is 6.92 Å². The van der Waals surface area contributed by atoms with Crippen LogP contribution in [0.25, 0.3) is 0 Å². The van der Waals surface area contributed by atoms with Gasteiger partial charge < -0.3 is 14.3 Å². The number of pyridine rings is 1. The van der Waals surface area contributed by atoms with Crippen LogP contribution in [0.1, 0.15) is 24.8 Å². The summed E-state index contributed by atoms with van der Waals surface area (Å²) in [5, 5.41) is 4.09. The van der Waals surface area contributed by atoms with Crippen LogP contribution in [0, 0.1) is 6.92 Å². The number of hydrogen-bond donors (Lipinski definition) is 0. The molecule has 1 fully saturated rings. The van der Waals surface area contributed by atoms with Gasteiger partial charge in [-0.15, -0.1) is 0 Å². The Labute approximate surface area is 124 Å². The van der Waals surface area contributed by atoms with Gasteiger partial charge in [0.05, 0.1) is 0 Å². The summed E-state index contributed by atoms with van der Waals surface area (Å²) in [5.41, 5.74) is 2.49. The third kappa shape index (κ3) is 2.99. The van der Waals surface area contributed by atoms with E-state index < -0.39 is 0 Å². The topological polar surface area (TPSA) is 58.3 Å². The number of piperazine rings is 1. The Hall–Kier alpha value is -2.11. The summed E-state index contributed by atoms with van der Waals surface area (Å²) >= 11 is 0. The van der Waals surface area contributed by atoms with Gasteiger partial charge in [0.2, 0.25) is 5.89 Å². The molecule has 112 valence electrons. The molecule has 0 N–H and O–H groups in total. The van der Waals surface area contributed by atoms with Gasteiger partial charge in [-0.25, -0.2) is 0 Å². The van der Waals surface area contributed by atoms with Crippen molar-refractivity contribution in [3.05, 3.63) is 29.9 Å². The van der Waals surface area contributed by atoms with E-state index in [9.17, 15) is 0 Å². The number of anilines is 2. The number of nitrogens with zero attached hydrogens (tertiary/aromatic N) is 5. The molecule has 0 saturated carbocycles. The second-order valence-corrected chi connectivity index (χ2v) is 5.37. The van der Waals surface area contributed by atoms with E-state index in [2.05, 4.69) is 44.8 Å². The lowest BCUT2D eigenvalue weighted by molar-refractivity contribution is 0.376. The largest absolute Gasteiger partial charge is 0.368 e. The molecule has 0 aromatic carbocycles. The molecule has 0 bridgehead atoms. The molecule has 0 unspecified atom stereocenters. The maximum Gasteiger partial charge on any atom is 0.266 e. The first-order valence-corrected chi connectivity index (χ1v) is 7.51. The Morgan fingerprint density at radius 1 is 1.19 bits per heavy atom. The number of hydrogen-bond acceptors (Lipinski definition) is 6. The summed E-state index contributed by atoms with van der Waals surface area (Å²) in [6.45, 7) is 7.95. The molecule has 3 heterocycles. The molecule has 0 radical (unpaired) electrons. The molecule has 2 aromatic rings. The van der Waals surface area contributed by atoms with Crippen molar-refractivity contribution in [2.45, 2.75) is 26.7 Å². The van der Waals surface area contributed by atoms with Gasteiger partial charge >= 0.3 is 0 Å². The first-order valence-electron chi connectivity index (χ1n) is 7.51. The average Bonchev–Trinajstić information content (AvgIpc) is 2.97. The van der Waals surface area contributed by atoms with Gasteiger partial charge in [-0.2, -0.15) is 4.98 Å². The molecule has 1 aliphatic rings.